The van der Waals surface area contributed by atoms with Gasteiger partial charge in [-0.2, -0.15) is 0 Å². The first-order chi connectivity index (χ1) is 19.0. The van der Waals surface area contributed by atoms with Crippen LogP contribution in [0.3, 0.4) is 0 Å². The number of hydrazine groups is 1. The van der Waals surface area contributed by atoms with Crippen LogP contribution in [0.25, 0.3) is 0 Å². The Morgan fingerprint density at radius 3 is 2.54 bits per heavy atom. The summed E-state index contributed by atoms with van der Waals surface area (Å²) in [4.78, 5) is 19.0. The second-order valence-electron chi connectivity index (χ2n) is 9.90. The summed E-state index contributed by atoms with van der Waals surface area (Å²) in [6.45, 7) is 1.19. The third-order valence-electron chi connectivity index (χ3n) is 6.88. The fourth-order valence-corrected chi connectivity index (χ4v) is 5.09. The molecule has 1 saturated carbocycles. The van der Waals surface area contributed by atoms with Crippen molar-refractivity contribution in [1.82, 2.24) is 10.9 Å². The van der Waals surface area contributed by atoms with Crippen molar-refractivity contribution in [1.29, 1.82) is 0 Å². The van der Waals surface area contributed by atoms with Crippen LogP contribution in [0.15, 0.2) is 77.8 Å². The zero-order chi connectivity index (χ0) is 27.2. The number of ether oxygens (including phenoxy) is 2. The highest BCUT2D eigenvalue weighted by molar-refractivity contribution is 6.35. The Kier molecular flexibility index (Phi) is 8.72. The van der Waals surface area contributed by atoms with Gasteiger partial charge in [0, 0.05) is 47.2 Å². The monoisotopic (exact) mass is 567 g/mol. The Balaban J connectivity index is 1.53. The number of rotatable bonds is 12. The molecule has 3 aromatic carbocycles. The van der Waals surface area contributed by atoms with E-state index >= 15 is 0 Å². The summed E-state index contributed by atoms with van der Waals surface area (Å²) >= 11 is 12.9. The van der Waals surface area contributed by atoms with E-state index in [1.54, 1.807) is 18.2 Å². The number of halogens is 2. The summed E-state index contributed by atoms with van der Waals surface area (Å²) in [5, 5.41) is 9.89. The molecule has 2 aliphatic rings. The first kappa shape index (κ1) is 27.5. The molecule has 0 spiro atoms. The lowest BCUT2D eigenvalue weighted by molar-refractivity contribution is -0.130. The minimum Gasteiger partial charge on any atom is -0.494 e. The lowest BCUT2D eigenvalue weighted by atomic mass is 9.82. The molecule has 1 amide bonds. The number of benzene rings is 3. The Morgan fingerprint density at radius 2 is 1.85 bits per heavy atom. The molecule has 0 bridgehead atoms. The van der Waals surface area contributed by atoms with Gasteiger partial charge in [0.25, 0.3) is 5.91 Å². The van der Waals surface area contributed by atoms with Gasteiger partial charge in [-0.05, 0) is 60.7 Å². The summed E-state index contributed by atoms with van der Waals surface area (Å²) in [5.41, 5.74) is 6.93. The summed E-state index contributed by atoms with van der Waals surface area (Å²) in [6.07, 6.45) is 2.35. The molecular formula is C30H31Cl2N3O4. The van der Waals surface area contributed by atoms with Crippen molar-refractivity contribution in [3.05, 3.63) is 99.5 Å². The number of aliphatic imine (C=N–C) groups is 1. The average molecular weight is 569 g/mol. The summed E-state index contributed by atoms with van der Waals surface area (Å²) < 4.78 is 12.2. The van der Waals surface area contributed by atoms with Gasteiger partial charge in [-0.25, -0.2) is 10.4 Å². The molecule has 3 aromatic rings. The van der Waals surface area contributed by atoms with Gasteiger partial charge in [-0.3, -0.25) is 10.2 Å². The maximum absolute atomic E-state index is 14.0. The van der Waals surface area contributed by atoms with Gasteiger partial charge >= 0.3 is 0 Å². The Labute approximate surface area is 238 Å². The van der Waals surface area contributed by atoms with Crippen molar-refractivity contribution in [3.63, 3.8) is 0 Å². The van der Waals surface area contributed by atoms with E-state index in [0.29, 0.717) is 64.7 Å². The smallest absolute Gasteiger partial charge is 0.266 e. The SMILES string of the molecule is O=C(NNCC1CC1)[C@@]1(Cc2ccccc2)N=C(c2ccc(OCCCO)cc2)O[C@H]1c1ccc(Cl)cc1Cl. The number of carbonyl (C=O) groups is 1. The third-order valence-corrected chi connectivity index (χ3v) is 7.44. The van der Waals surface area contributed by atoms with Gasteiger partial charge in [0.15, 0.2) is 11.6 Å². The molecule has 0 unspecified atom stereocenters. The first-order valence-corrected chi connectivity index (χ1v) is 13.9. The predicted molar refractivity (Wildman–Crippen MR) is 152 cm³/mol. The lowest BCUT2D eigenvalue weighted by Gasteiger charge is -2.31. The van der Waals surface area contributed by atoms with E-state index in [4.69, 9.17) is 42.8 Å². The van der Waals surface area contributed by atoms with Crippen molar-refractivity contribution in [2.45, 2.75) is 37.3 Å². The van der Waals surface area contributed by atoms with Crippen LogP contribution in [0.5, 0.6) is 5.75 Å². The van der Waals surface area contributed by atoms with Crippen molar-refractivity contribution < 1.29 is 19.4 Å². The first-order valence-electron chi connectivity index (χ1n) is 13.1. The minimum atomic E-state index is -1.35. The number of nitrogens with zero attached hydrogens (tertiary/aromatic N) is 1. The molecule has 1 heterocycles. The zero-order valence-corrected chi connectivity index (χ0v) is 22.9. The number of carbonyl (C=O) groups excluding carboxylic acids is 1. The van der Waals surface area contributed by atoms with Crippen LogP contribution in [0.1, 0.15) is 42.1 Å². The van der Waals surface area contributed by atoms with Crippen LogP contribution in [-0.2, 0) is 16.0 Å². The summed E-state index contributed by atoms with van der Waals surface area (Å²) in [7, 11) is 0. The molecule has 204 valence electrons. The van der Waals surface area contributed by atoms with Gasteiger partial charge < -0.3 is 14.6 Å². The van der Waals surface area contributed by atoms with Crippen molar-refractivity contribution >= 4 is 35.0 Å². The number of hydrogen-bond donors (Lipinski definition) is 3. The Hall–Kier alpha value is -3.10. The quantitative estimate of drug-likeness (QED) is 0.204. The largest absolute Gasteiger partial charge is 0.494 e. The lowest BCUT2D eigenvalue weighted by Crippen LogP contribution is -2.54. The number of amides is 1. The Bertz CT molecular complexity index is 1320. The van der Waals surface area contributed by atoms with Crippen LogP contribution in [0.4, 0.5) is 0 Å². The van der Waals surface area contributed by atoms with Crippen molar-refractivity contribution in [2.24, 2.45) is 10.9 Å². The van der Waals surface area contributed by atoms with E-state index in [1.807, 2.05) is 54.6 Å². The molecule has 39 heavy (non-hydrogen) atoms. The normalized spacial score (nSPS) is 20.3. The van der Waals surface area contributed by atoms with Gasteiger partial charge in [0.05, 0.1) is 6.61 Å². The van der Waals surface area contributed by atoms with E-state index in [1.165, 1.54) is 0 Å². The highest BCUT2D eigenvalue weighted by Crippen LogP contribution is 2.45. The van der Waals surface area contributed by atoms with Crippen molar-refractivity contribution in [2.75, 3.05) is 19.8 Å². The van der Waals surface area contributed by atoms with Gasteiger partial charge in [-0.15, -0.1) is 0 Å². The minimum absolute atomic E-state index is 0.0679. The summed E-state index contributed by atoms with van der Waals surface area (Å²) in [6, 6.07) is 22.2. The predicted octanol–water partition coefficient (Wildman–Crippen LogP) is 5.29. The van der Waals surface area contributed by atoms with Crippen LogP contribution >= 0.6 is 23.2 Å². The van der Waals surface area contributed by atoms with E-state index in [2.05, 4.69) is 10.9 Å². The maximum Gasteiger partial charge on any atom is 0.266 e. The van der Waals surface area contributed by atoms with Crippen LogP contribution in [0.2, 0.25) is 10.0 Å². The molecule has 0 saturated heterocycles. The molecule has 1 aliphatic heterocycles. The molecule has 5 rings (SSSR count). The summed E-state index contributed by atoms with van der Waals surface area (Å²) in [5.74, 6) is 1.28. The number of hydrogen-bond acceptors (Lipinski definition) is 6. The molecule has 0 radical (unpaired) electrons. The highest BCUT2D eigenvalue weighted by Gasteiger charge is 2.54. The average Bonchev–Trinajstić information content (AvgIpc) is 3.69. The number of nitrogens with one attached hydrogen (secondary N) is 2. The van der Waals surface area contributed by atoms with Crippen molar-refractivity contribution in [3.8, 4) is 5.75 Å². The number of aliphatic hydroxyl groups is 1. The van der Waals surface area contributed by atoms with Gasteiger partial charge in [-0.1, -0.05) is 59.6 Å². The second-order valence-corrected chi connectivity index (χ2v) is 10.7. The fourth-order valence-electron chi connectivity index (χ4n) is 4.59. The second kappa shape index (κ2) is 12.4. The van der Waals surface area contributed by atoms with Crippen LogP contribution < -0.4 is 15.6 Å². The highest BCUT2D eigenvalue weighted by atomic mass is 35.5. The van der Waals surface area contributed by atoms with E-state index in [0.717, 1.165) is 18.4 Å². The van der Waals surface area contributed by atoms with E-state index in [-0.39, 0.29) is 12.5 Å². The standard InChI is InChI=1S/C30H31Cl2N3O4/c31-23-11-14-25(26(32)17-23)27-30(18-20-5-2-1-3-6-20,29(37)35-33-19-21-7-8-21)34-28(39-27)22-9-12-24(13-10-22)38-16-4-15-36/h1-3,5-6,9-14,17,21,27,33,36H,4,7-8,15-16,18-19H2,(H,35,37)/t27-,30-/m0/s1. The van der Waals surface area contributed by atoms with Gasteiger partial charge in [0.1, 0.15) is 5.75 Å². The van der Waals surface area contributed by atoms with E-state index < -0.39 is 11.6 Å². The molecule has 7 nitrogen and oxygen atoms in total. The topological polar surface area (TPSA) is 92.2 Å². The maximum atomic E-state index is 14.0. The van der Waals surface area contributed by atoms with Crippen LogP contribution in [-0.4, -0.2) is 42.2 Å². The molecule has 2 atom stereocenters. The third kappa shape index (κ3) is 6.56. The number of aliphatic hydroxyl groups excluding tert-OH is 1. The molecule has 1 fully saturated rings. The Morgan fingerprint density at radius 1 is 1.08 bits per heavy atom. The molecule has 9 heteroatoms. The molecular weight excluding hydrogens is 537 g/mol. The zero-order valence-electron chi connectivity index (χ0n) is 21.4. The van der Waals surface area contributed by atoms with Crippen LogP contribution in [0, 0.1) is 5.92 Å². The van der Waals surface area contributed by atoms with E-state index in [9.17, 15) is 4.79 Å². The molecule has 0 aromatic heterocycles. The molecule has 1 aliphatic carbocycles. The molecule has 3 N–H and O–H groups in total. The van der Waals surface area contributed by atoms with Gasteiger partial charge in [0.2, 0.25) is 5.90 Å². The fraction of sp³-hybridized carbons (Fsp3) is 0.333.